The summed E-state index contributed by atoms with van der Waals surface area (Å²) >= 11 is 5.91. The Morgan fingerprint density at radius 2 is 2.14 bits per heavy atom. The minimum absolute atomic E-state index is 0.237. The van der Waals surface area contributed by atoms with Crippen LogP contribution >= 0.6 is 11.6 Å². The molecule has 1 atom stereocenters. The lowest BCUT2D eigenvalue weighted by atomic mass is 10.2. The topological polar surface area (TPSA) is 55.8 Å². The van der Waals surface area contributed by atoms with Crippen molar-refractivity contribution in [2.24, 2.45) is 0 Å². The minimum Gasteiger partial charge on any atom is -0.488 e. The minimum atomic E-state index is -0.628. The first-order chi connectivity index (χ1) is 10.3. The van der Waals surface area contributed by atoms with Crippen molar-refractivity contribution in [1.82, 2.24) is 4.90 Å². The number of carbonyl (C=O) groups excluding carboxylic acids is 2. The summed E-state index contributed by atoms with van der Waals surface area (Å²) in [5, 5.41) is 0.561. The van der Waals surface area contributed by atoms with Crippen molar-refractivity contribution in [3.63, 3.8) is 0 Å². The van der Waals surface area contributed by atoms with Gasteiger partial charge in [0.25, 0.3) is 0 Å². The Hall–Kier alpha value is -1.97. The molecule has 2 rings (SSSR count). The quantitative estimate of drug-likeness (QED) is 0.782. The van der Waals surface area contributed by atoms with Crippen molar-refractivity contribution < 1.29 is 19.1 Å². The SMILES string of the molecule is CC(C)(C)OC(=O)N1C[C@@H](Oc2cccc(Cl)c2)CC1=C=O. The monoisotopic (exact) mass is 323 g/mol. The number of benzene rings is 1. The molecule has 0 saturated carbocycles. The standard InChI is InChI=1S/C16H18ClNO4/c1-16(2,3)22-15(20)18-9-14(8-12(18)10-19)21-13-6-4-5-11(17)7-13/h4-7,14H,8-9H2,1-3H3/t14-/m0/s1. The molecule has 0 aliphatic carbocycles. The Morgan fingerprint density at radius 1 is 1.41 bits per heavy atom. The highest BCUT2D eigenvalue weighted by molar-refractivity contribution is 6.30. The van der Waals surface area contributed by atoms with E-state index in [1.54, 1.807) is 51.0 Å². The zero-order valence-electron chi connectivity index (χ0n) is 12.8. The fourth-order valence-electron chi connectivity index (χ4n) is 2.11. The molecule has 0 bridgehead atoms. The number of halogens is 1. The maximum Gasteiger partial charge on any atom is 0.415 e. The van der Waals surface area contributed by atoms with Gasteiger partial charge in [0, 0.05) is 11.4 Å². The third kappa shape index (κ3) is 4.26. The first-order valence-corrected chi connectivity index (χ1v) is 7.33. The predicted octanol–water partition coefficient (Wildman–Crippen LogP) is 3.44. The molecule has 0 aromatic heterocycles. The Bertz CT molecular complexity index is 617. The van der Waals surface area contributed by atoms with E-state index in [0.29, 0.717) is 17.2 Å². The van der Waals surface area contributed by atoms with Gasteiger partial charge < -0.3 is 9.47 Å². The molecule has 6 heteroatoms. The zero-order valence-corrected chi connectivity index (χ0v) is 13.5. The van der Waals surface area contributed by atoms with Crippen LogP contribution in [0.2, 0.25) is 5.02 Å². The van der Waals surface area contributed by atoms with Crippen LogP contribution in [0.3, 0.4) is 0 Å². The first-order valence-electron chi connectivity index (χ1n) is 6.95. The van der Waals surface area contributed by atoms with Gasteiger partial charge in [-0.15, -0.1) is 0 Å². The Balaban J connectivity index is 2.06. The maximum atomic E-state index is 12.1. The Kier molecular flexibility index (Phi) is 4.79. The molecule has 22 heavy (non-hydrogen) atoms. The van der Waals surface area contributed by atoms with Crippen molar-refractivity contribution >= 4 is 23.6 Å². The molecule has 0 N–H and O–H groups in total. The van der Waals surface area contributed by atoms with Gasteiger partial charge in [-0.3, -0.25) is 4.90 Å². The van der Waals surface area contributed by atoms with Gasteiger partial charge in [-0.2, -0.15) is 0 Å². The van der Waals surface area contributed by atoms with Crippen molar-refractivity contribution in [2.45, 2.75) is 38.9 Å². The van der Waals surface area contributed by atoms with Gasteiger partial charge in [0.05, 0.1) is 6.54 Å². The van der Waals surface area contributed by atoms with E-state index in [-0.39, 0.29) is 18.3 Å². The van der Waals surface area contributed by atoms with Crippen LogP contribution < -0.4 is 4.74 Å². The molecule has 0 unspecified atom stereocenters. The molecule has 1 aromatic carbocycles. The summed E-state index contributed by atoms with van der Waals surface area (Å²) in [7, 11) is 0. The van der Waals surface area contributed by atoms with E-state index < -0.39 is 11.7 Å². The number of amides is 1. The molecule has 0 radical (unpaired) electrons. The normalized spacial score (nSPS) is 18.1. The number of rotatable bonds is 2. The van der Waals surface area contributed by atoms with Crippen molar-refractivity contribution in [3.8, 4) is 5.75 Å². The fourth-order valence-corrected chi connectivity index (χ4v) is 2.29. The average Bonchev–Trinajstić information content (AvgIpc) is 2.80. The molecular weight excluding hydrogens is 306 g/mol. The summed E-state index contributed by atoms with van der Waals surface area (Å²) in [5.74, 6) is 2.38. The van der Waals surface area contributed by atoms with Crippen LogP contribution in [0.5, 0.6) is 5.75 Å². The smallest absolute Gasteiger partial charge is 0.415 e. The van der Waals surface area contributed by atoms with E-state index in [4.69, 9.17) is 21.1 Å². The Morgan fingerprint density at radius 3 is 2.73 bits per heavy atom. The highest BCUT2D eigenvalue weighted by Gasteiger charge is 2.35. The molecule has 1 fully saturated rings. The lowest BCUT2D eigenvalue weighted by Crippen LogP contribution is -2.35. The lowest BCUT2D eigenvalue weighted by Gasteiger charge is -2.24. The van der Waals surface area contributed by atoms with E-state index in [0.717, 1.165) is 0 Å². The van der Waals surface area contributed by atoms with Gasteiger partial charge in [0.2, 0.25) is 0 Å². The molecule has 1 aliphatic heterocycles. The second-order valence-corrected chi connectivity index (χ2v) is 6.48. The van der Waals surface area contributed by atoms with E-state index in [9.17, 15) is 9.59 Å². The predicted molar refractivity (Wildman–Crippen MR) is 82.6 cm³/mol. The molecule has 118 valence electrons. The van der Waals surface area contributed by atoms with Crippen LogP contribution in [0.1, 0.15) is 27.2 Å². The summed E-state index contributed by atoms with van der Waals surface area (Å²) in [4.78, 5) is 24.4. The Labute approximate surface area is 134 Å². The molecule has 1 aromatic rings. The van der Waals surface area contributed by atoms with Crippen LogP contribution in [-0.4, -0.2) is 35.2 Å². The molecule has 1 heterocycles. The van der Waals surface area contributed by atoms with Crippen molar-refractivity contribution in [1.29, 1.82) is 0 Å². The summed E-state index contributed by atoms with van der Waals surface area (Å²) < 4.78 is 11.0. The second-order valence-electron chi connectivity index (χ2n) is 6.04. The van der Waals surface area contributed by atoms with Crippen molar-refractivity contribution in [3.05, 3.63) is 35.0 Å². The molecule has 1 amide bonds. The maximum absolute atomic E-state index is 12.1. The molecule has 0 spiro atoms. The summed E-state index contributed by atoms with van der Waals surface area (Å²) in [5.41, 5.74) is -0.391. The van der Waals surface area contributed by atoms with Gasteiger partial charge in [-0.05, 0) is 39.0 Å². The van der Waals surface area contributed by atoms with Crippen LogP contribution in [0.25, 0.3) is 0 Å². The molecular formula is C16H18ClNO4. The summed E-state index contributed by atoms with van der Waals surface area (Å²) in [6.45, 7) is 5.55. The average molecular weight is 324 g/mol. The third-order valence-electron chi connectivity index (χ3n) is 2.96. The first kappa shape index (κ1) is 16.4. The van der Waals surface area contributed by atoms with E-state index in [1.165, 1.54) is 4.90 Å². The number of nitrogens with zero attached hydrogens (tertiary/aromatic N) is 1. The van der Waals surface area contributed by atoms with E-state index in [1.807, 2.05) is 0 Å². The highest BCUT2D eigenvalue weighted by atomic mass is 35.5. The van der Waals surface area contributed by atoms with Gasteiger partial charge in [0.15, 0.2) is 0 Å². The molecule has 1 saturated heterocycles. The number of hydrogen-bond acceptors (Lipinski definition) is 4. The van der Waals surface area contributed by atoms with Gasteiger partial charge in [0.1, 0.15) is 29.1 Å². The second kappa shape index (κ2) is 6.42. The van der Waals surface area contributed by atoms with Crippen LogP contribution in [0, 0.1) is 0 Å². The highest BCUT2D eigenvalue weighted by Crippen LogP contribution is 2.27. The molecule has 1 aliphatic rings. The van der Waals surface area contributed by atoms with Gasteiger partial charge in [-0.1, -0.05) is 17.7 Å². The summed E-state index contributed by atoms with van der Waals surface area (Å²) in [6, 6.07) is 6.97. The van der Waals surface area contributed by atoms with E-state index in [2.05, 4.69) is 0 Å². The van der Waals surface area contributed by atoms with Crippen LogP contribution in [-0.2, 0) is 9.53 Å². The summed E-state index contributed by atoms with van der Waals surface area (Å²) in [6.07, 6.45) is -0.597. The van der Waals surface area contributed by atoms with Crippen molar-refractivity contribution in [2.75, 3.05) is 6.54 Å². The number of ether oxygens (including phenoxy) is 2. The third-order valence-corrected chi connectivity index (χ3v) is 3.20. The van der Waals surface area contributed by atoms with Gasteiger partial charge >= 0.3 is 6.09 Å². The van der Waals surface area contributed by atoms with E-state index >= 15 is 0 Å². The van der Waals surface area contributed by atoms with Gasteiger partial charge in [-0.25, -0.2) is 9.59 Å². The molecule has 5 nitrogen and oxygen atoms in total. The largest absolute Gasteiger partial charge is 0.488 e. The zero-order chi connectivity index (χ0) is 16.3. The number of carbonyl (C=O) groups is 1. The number of likely N-dealkylation sites (tertiary alicyclic amines) is 1. The van der Waals surface area contributed by atoms with Crippen LogP contribution in [0.4, 0.5) is 4.79 Å². The fraction of sp³-hybridized carbons (Fsp3) is 0.438. The lowest BCUT2D eigenvalue weighted by molar-refractivity contribution is 0.0317. The van der Waals surface area contributed by atoms with Crippen LogP contribution in [0.15, 0.2) is 30.0 Å². The number of hydrogen-bond donors (Lipinski definition) is 0.